The maximum atomic E-state index is 9.84. The van der Waals surface area contributed by atoms with Crippen LogP contribution in [0.4, 0.5) is 5.69 Å². The maximum Gasteiger partial charge on any atom is 0.208 e. The highest BCUT2D eigenvalue weighted by molar-refractivity contribution is 7.08. The van der Waals surface area contributed by atoms with Crippen molar-refractivity contribution in [3.05, 3.63) is 28.0 Å². The number of phenols is 1. The average molecular weight is 319 g/mol. The zero-order valence-electron chi connectivity index (χ0n) is 13.0. The minimum absolute atomic E-state index is 0.100. The van der Waals surface area contributed by atoms with Crippen molar-refractivity contribution in [1.29, 1.82) is 0 Å². The molecular weight excluding hydrogens is 298 g/mol. The fraction of sp³-hybridized carbons (Fsp3) is 0.500. The van der Waals surface area contributed by atoms with Crippen molar-refractivity contribution in [2.24, 2.45) is 12.0 Å². The predicted octanol–water partition coefficient (Wildman–Crippen LogP) is 3.48. The number of phenolic OH excluding ortho intramolecular Hbond substituents is 1. The third-order valence-electron chi connectivity index (χ3n) is 4.07. The van der Waals surface area contributed by atoms with Gasteiger partial charge >= 0.3 is 0 Å². The molecule has 5 nitrogen and oxygen atoms in total. The van der Waals surface area contributed by atoms with E-state index in [0.717, 1.165) is 4.80 Å². The summed E-state index contributed by atoms with van der Waals surface area (Å²) in [6.07, 6.45) is 6.37. The van der Waals surface area contributed by atoms with Crippen molar-refractivity contribution in [1.82, 2.24) is 9.78 Å². The lowest BCUT2D eigenvalue weighted by Gasteiger charge is -2.18. The first kappa shape index (κ1) is 15.1. The summed E-state index contributed by atoms with van der Waals surface area (Å²) in [4.78, 5) is 5.45. The fourth-order valence-electron chi connectivity index (χ4n) is 2.89. The third-order valence-corrected chi connectivity index (χ3v) is 5.23. The molecule has 3 rings (SSSR count). The number of nitrogens with zero attached hydrogens (tertiary/aromatic N) is 3. The molecule has 0 amide bonds. The van der Waals surface area contributed by atoms with Gasteiger partial charge in [0.25, 0.3) is 0 Å². The molecule has 0 aliphatic heterocycles. The smallest absolute Gasteiger partial charge is 0.208 e. The van der Waals surface area contributed by atoms with Gasteiger partial charge < -0.3 is 9.84 Å². The van der Waals surface area contributed by atoms with Crippen LogP contribution in [0.1, 0.15) is 43.0 Å². The number of rotatable bonds is 3. The molecule has 1 aromatic heterocycles. The summed E-state index contributed by atoms with van der Waals surface area (Å²) in [5.41, 5.74) is 0.622. The summed E-state index contributed by atoms with van der Waals surface area (Å²) in [6, 6.07) is 5.19. The van der Waals surface area contributed by atoms with Crippen molar-refractivity contribution in [2.45, 2.75) is 38.0 Å². The largest absolute Gasteiger partial charge is 0.504 e. The van der Waals surface area contributed by atoms with Crippen molar-refractivity contribution >= 4 is 17.0 Å². The van der Waals surface area contributed by atoms with E-state index < -0.39 is 0 Å². The number of ether oxygens (including phenoxy) is 1. The van der Waals surface area contributed by atoms with Gasteiger partial charge in [0, 0.05) is 13.0 Å². The highest BCUT2D eigenvalue weighted by Gasteiger charge is 2.19. The molecule has 1 heterocycles. The van der Waals surface area contributed by atoms with E-state index in [-0.39, 0.29) is 5.75 Å². The molecule has 2 aromatic rings. The van der Waals surface area contributed by atoms with Crippen LogP contribution in [0.15, 0.2) is 23.2 Å². The number of hydrogen-bond donors (Lipinski definition) is 1. The first-order valence-corrected chi connectivity index (χ1v) is 8.45. The van der Waals surface area contributed by atoms with Crippen molar-refractivity contribution in [3.8, 4) is 11.5 Å². The van der Waals surface area contributed by atoms with Crippen LogP contribution in [0.5, 0.6) is 11.5 Å². The van der Waals surface area contributed by atoms with Gasteiger partial charge in [-0.15, -0.1) is 0 Å². The minimum Gasteiger partial charge on any atom is -0.504 e. The Labute approximate surface area is 133 Å². The summed E-state index contributed by atoms with van der Waals surface area (Å²) < 4.78 is 7.06. The Bertz CT molecular complexity index is 714. The Morgan fingerprint density at radius 3 is 2.82 bits per heavy atom. The molecule has 0 bridgehead atoms. The number of methoxy groups -OCH3 is 1. The van der Waals surface area contributed by atoms with Crippen LogP contribution >= 0.6 is 11.3 Å². The second-order valence-electron chi connectivity index (χ2n) is 5.62. The first-order chi connectivity index (χ1) is 10.7. The zero-order chi connectivity index (χ0) is 15.5. The van der Waals surface area contributed by atoms with Gasteiger partial charge in [0.1, 0.15) is 10.7 Å². The predicted molar refractivity (Wildman–Crippen MR) is 86.8 cm³/mol. The fourth-order valence-corrected chi connectivity index (χ4v) is 3.96. The molecule has 1 fully saturated rings. The van der Waals surface area contributed by atoms with Crippen LogP contribution in [0.2, 0.25) is 0 Å². The molecule has 1 aliphatic rings. The molecule has 1 aromatic carbocycles. The Morgan fingerprint density at radius 2 is 2.09 bits per heavy atom. The molecule has 0 unspecified atom stereocenters. The van der Waals surface area contributed by atoms with E-state index in [9.17, 15) is 5.11 Å². The molecule has 22 heavy (non-hydrogen) atoms. The van der Waals surface area contributed by atoms with E-state index in [1.807, 2.05) is 17.8 Å². The van der Waals surface area contributed by atoms with Gasteiger partial charge in [0.05, 0.1) is 7.11 Å². The lowest BCUT2D eigenvalue weighted by Crippen LogP contribution is -2.11. The van der Waals surface area contributed by atoms with Gasteiger partial charge in [0.2, 0.25) is 4.80 Å². The van der Waals surface area contributed by atoms with E-state index in [0.29, 0.717) is 17.4 Å². The molecule has 6 heteroatoms. The highest BCUT2D eigenvalue weighted by Crippen LogP contribution is 2.36. The summed E-state index contributed by atoms with van der Waals surface area (Å²) in [5.74, 6) is 1.07. The SMILES string of the molecule is COc1c(O)cccc1N=c1sc(C2CCCCC2)nn1C. The van der Waals surface area contributed by atoms with E-state index in [4.69, 9.17) is 4.74 Å². The van der Waals surface area contributed by atoms with Crippen LogP contribution in [-0.2, 0) is 7.05 Å². The van der Waals surface area contributed by atoms with Crippen LogP contribution in [0.25, 0.3) is 0 Å². The number of aromatic hydroxyl groups is 1. The van der Waals surface area contributed by atoms with Crippen LogP contribution in [0.3, 0.4) is 0 Å². The number of para-hydroxylation sites is 1. The maximum absolute atomic E-state index is 9.84. The molecule has 1 saturated carbocycles. The third kappa shape index (κ3) is 3.02. The second-order valence-corrected chi connectivity index (χ2v) is 6.61. The summed E-state index contributed by atoms with van der Waals surface area (Å²) in [7, 11) is 3.45. The van der Waals surface area contributed by atoms with E-state index in [1.165, 1.54) is 44.2 Å². The second kappa shape index (κ2) is 6.52. The molecule has 1 aliphatic carbocycles. The number of aryl methyl sites for hydroxylation is 1. The molecule has 0 spiro atoms. The summed E-state index contributed by atoms with van der Waals surface area (Å²) in [6.45, 7) is 0. The quantitative estimate of drug-likeness (QED) is 0.942. The number of benzene rings is 1. The topological polar surface area (TPSA) is 59.6 Å². The molecule has 0 atom stereocenters. The Hall–Kier alpha value is -1.82. The minimum atomic E-state index is 0.100. The van der Waals surface area contributed by atoms with Crippen LogP contribution in [0, 0.1) is 0 Å². The van der Waals surface area contributed by atoms with Crippen LogP contribution < -0.4 is 9.54 Å². The molecule has 118 valence electrons. The van der Waals surface area contributed by atoms with Gasteiger partial charge in [-0.1, -0.05) is 36.7 Å². The lowest BCUT2D eigenvalue weighted by atomic mass is 9.90. The number of hydrogen-bond acceptors (Lipinski definition) is 5. The zero-order valence-corrected chi connectivity index (χ0v) is 13.8. The van der Waals surface area contributed by atoms with Crippen molar-refractivity contribution in [3.63, 3.8) is 0 Å². The average Bonchev–Trinajstić information content (AvgIpc) is 2.90. The van der Waals surface area contributed by atoms with E-state index in [2.05, 4.69) is 10.1 Å². The molecule has 0 saturated heterocycles. The van der Waals surface area contributed by atoms with Crippen LogP contribution in [-0.4, -0.2) is 22.0 Å². The molecular formula is C16H21N3O2S. The van der Waals surface area contributed by atoms with Crippen molar-refractivity contribution in [2.75, 3.05) is 7.11 Å². The van der Waals surface area contributed by atoms with Crippen molar-refractivity contribution < 1.29 is 9.84 Å². The summed E-state index contributed by atoms with van der Waals surface area (Å²) in [5, 5.41) is 15.7. The first-order valence-electron chi connectivity index (χ1n) is 7.64. The highest BCUT2D eigenvalue weighted by atomic mass is 32.1. The lowest BCUT2D eigenvalue weighted by molar-refractivity contribution is 0.374. The Kier molecular flexibility index (Phi) is 4.47. The van der Waals surface area contributed by atoms with Gasteiger partial charge in [-0.25, -0.2) is 9.67 Å². The molecule has 0 radical (unpaired) electrons. The Balaban J connectivity index is 1.98. The number of aromatic nitrogens is 2. The normalized spacial score (nSPS) is 16.9. The standard InChI is InChI=1S/C16H21N3O2S/c1-19-16(17-12-9-6-10-13(20)14(12)21-2)22-15(18-19)11-7-4-3-5-8-11/h6,9-11,20H,3-5,7-8H2,1-2H3. The van der Waals surface area contributed by atoms with Gasteiger partial charge in [0.15, 0.2) is 11.5 Å². The van der Waals surface area contributed by atoms with E-state index in [1.54, 1.807) is 23.5 Å². The van der Waals surface area contributed by atoms with Gasteiger partial charge in [-0.2, -0.15) is 5.10 Å². The Morgan fingerprint density at radius 1 is 1.32 bits per heavy atom. The monoisotopic (exact) mass is 319 g/mol. The van der Waals surface area contributed by atoms with E-state index >= 15 is 0 Å². The van der Waals surface area contributed by atoms with Gasteiger partial charge in [-0.3, -0.25) is 0 Å². The molecule has 1 N–H and O–H groups in total. The van der Waals surface area contributed by atoms with Gasteiger partial charge in [-0.05, 0) is 25.0 Å². The summed E-state index contributed by atoms with van der Waals surface area (Å²) >= 11 is 1.63.